The fourth-order valence-corrected chi connectivity index (χ4v) is 32.6. The van der Waals surface area contributed by atoms with E-state index in [0.29, 0.717) is 0 Å². The molecule has 76 heavy (non-hydrogen) atoms. The van der Waals surface area contributed by atoms with Crippen LogP contribution in [0.15, 0.2) is 164 Å². The van der Waals surface area contributed by atoms with Gasteiger partial charge in [-0.2, -0.15) is 0 Å². The van der Waals surface area contributed by atoms with Gasteiger partial charge in [-0.05, 0) is 0 Å². The molecule has 4 heterocycles. The van der Waals surface area contributed by atoms with Gasteiger partial charge in [0.25, 0.3) is 0 Å². The molecule has 2 aliphatic heterocycles. The summed E-state index contributed by atoms with van der Waals surface area (Å²) < 4.78 is 8.91. The molecular weight excluding hydrogens is 1500 g/mol. The normalized spacial score (nSPS) is 13.5. The third-order valence-electron chi connectivity index (χ3n) is 15.1. The third-order valence-corrected chi connectivity index (χ3v) is 34.7. The summed E-state index contributed by atoms with van der Waals surface area (Å²) >= 11 is -5.64. The molecule has 0 saturated heterocycles. The van der Waals surface area contributed by atoms with Crippen LogP contribution in [-0.4, -0.2) is 53.5 Å². The molecule has 0 N–H and O–H groups in total. The van der Waals surface area contributed by atoms with E-state index in [2.05, 4.69) is 276 Å². The van der Waals surface area contributed by atoms with E-state index in [1.165, 1.54) is 86.4 Å². The average molecular weight is 1560 g/mol. The molecule has 0 spiro atoms. The minimum Gasteiger partial charge on any atom is 2.00 e. The Morgan fingerprint density at radius 2 is 0.776 bits per heavy atom. The molecule has 0 unspecified atom stereocenters. The van der Waals surface area contributed by atoms with Crippen LogP contribution in [0.25, 0.3) is 41.2 Å². The van der Waals surface area contributed by atoms with E-state index in [4.69, 9.17) is 9.97 Å². The van der Waals surface area contributed by atoms with Crippen LogP contribution in [0.1, 0.15) is 108 Å². The van der Waals surface area contributed by atoms with E-state index in [9.17, 15) is 0 Å². The van der Waals surface area contributed by atoms with Crippen LogP contribution in [0.2, 0.25) is 0 Å². The summed E-state index contributed by atoms with van der Waals surface area (Å²) in [7, 11) is 0. The van der Waals surface area contributed by atoms with Crippen molar-refractivity contribution in [3.05, 3.63) is 243 Å². The Labute approximate surface area is 482 Å². The van der Waals surface area contributed by atoms with Crippen LogP contribution in [-0.2, 0) is 31.9 Å². The molecule has 0 bridgehead atoms. The second-order valence-corrected chi connectivity index (χ2v) is 39.3. The molecule has 0 aliphatic carbocycles. The third kappa shape index (κ3) is 10.0. The number of nitrogens with zero attached hydrogens (tertiary/aromatic N) is 3. The van der Waals surface area contributed by atoms with Gasteiger partial charge in [-0.1, -0.05) is 0 Å². The number of para-hydroxylation sites is 1. The van der Waals surface area contributed by atoms with Crippen LogP contribution in [0, 0.1) is 53.7 Å². The topological polar surface area (TPSA) is 29.0 Å². The summed E-state index contributed by atoms with van der Waals surface area (Å²) in [6.45, 7) is 27.5. The summed E-state index contributed by atoms with van der Waals surface area (Å²) in [6.07, 6.45) is 9.16. The number of hydrogen-bond donors (Lipinski definition) is 0. The second-order valence-electron chi connectivity index (χ2n) is 22.5. The molecule has 9 aromatic rings. The minimum absolute atomic E-state index is 0. The molecule has 2 aliphatic rings. The number of rotatable bonds is 9. The van der Waals surface area contributed by atoms with Crippen molar-refractivity contribution in [1.29, 1.82) is 0 Å². The van der Waals surface area contributed by atoms with Crippen molar-refractivity contribution >= 4 is 92.4 Å². The van der Waals surface area contributed by atoms with E-state index >= 15 is 0 Å². The molecule has 0 saturated carbocycles. The summed E-state index contributed by atoms with van der Waals surface area (Å²) in [5.41, 5.74) is 22.0. The average Bonchev–Trinajstić information content (AvgIpc) is 3.99. The first kappa shape index (κ1) is 54.0. The number of pyridine rings is 2. The summed E-state index contributed by atoms with van der Waals surface area (Å²) in [5, 5.41) is 0. The number of aromatic nitrogens is 2. The zero-order chi connectivity index (χ0) is 52.5. The zero-order valence-electron chi connectivity index (χ0n) is 45.8. The van der Waals surface area contributed by atoms with Crippen LogP contribution >= 0.6 is 0 Å². The first-order chi connectivity index (χ1) is 36.0. The van der Waals surface area contributed by atoms with Gasteiger partial charge < -0.3 is 0 Å². The Bertz CT molecular complexity index is 3480. The molecule has 3 nitrogen and oxygen atoms in total. The van der Waals surface area contributed by atoms with E-state index in [0.717, 1.165) is 39.6 Å². The first-order valence-electron chi connectivity index (χ1n) is 26.2. The second kappa shape index (κ2) is 21.4. The van der Waals surface area contributed by atoms with Crippen molar-refractivity contribution in [2.45, 2.75) is 93.9 Å². The number of fused-ring (bicyclic) bond motifs is 2. The Kier molecular flexibility index (Phi) is 15.2. The van der Waals surface area contributed by atoms with Gasteiger partial charge >= 0.3 is 488 Å². The molecule has 2 aromatic heterocycles. The minimum atomic E-state index is -2.82. The predicted octanol–water partition coefficient (Wildman–Crippen LogP) is 14.7. The number of benzene rings is 7. The van der Waals surface area contributed by atoms with Gasteiger partial charge in [-0.3, -0.25) is 0 Å². The fraction of sp³-hybridized carbons (Fsp3) is 0.200. The van der Waals surface area contributed by atoms with Gasteiger partial charge in [0.15, 0.2) is 0 Å². The largest absolute Gasteiger partial charge is 2.00 e. The maximum Gasteiger partial charge on any atom is 2.00 e. The van der Waals surface area contributed by atoms with Gasteiger partial charge in [0.1, 0.15) is 0 Å². The maximum atomic E-state index is 5.35. The van der Waals surface area contributed by atoms with Crippen molar-refractivity contribution in [1.82, 2.24) is 9.97 Å². The first-order valence-corrected chi connectivity index (χ1v) is 36.7. The number of anilines is 3. The smallest absolute Gasteiger partial charge is 2.00 e. The molecular formula is C70H65Bi2N3Pt. The number of hydrogen-bond acceptors (Lipinski definition) is 3. The summed E-state index contributed by atoms with van der Waals surface area (Å²) in [5.74, 6) is 0. The molecule has 0 radical (unpaired) electrons. The van der Waals surface area contributed by atoms with Gasteiger partial charge in [0.2, 0.25) is 0 Å². The van der Waals surface area contributed by atoms with Crippen LogP contribution < -0.4 is 18.0 Å². The fourth-order valence-electron chi connectivity index (χ4n) is 11.2. The van der Waals surface area contributed by atoms with Crippen molar-refractivity contribution in [3.63, 3.8) is 0 Å². The Hall–Kier alpha value is -5.43. The summed E-state index contributed by atoms with van der Waals surface area (Å²) in [6, 6.07) is 65.1. The predicted molar refractivity (Wildman–Crippen MR) is 323 cm³/mol. The molecule has 380 valence electrons. The standard InChI is InChI=1S/C58H55N3.2C6H5.2Bi.Pt/c1-38-18-13-19-39(2)52(38)28-26-44-24-16-30-59-54(44)46-32-48(57(7,8)9)36-50(34-46)61(56-42(5)22-15-23-43(56)6)51-35-47(33-49(37-51)58(10,11)12)55-45(25-17-31-60-55)27-29-53-40(3)20-14-21-41(53)4;2*1-2-4-6-5-3-1;;;/h13-23,26-27,30-33,36-37H,1-12H3;2*1-5H;;;/q-2;;;;;+2. The Morgan fingerprint density at radius 3 is 1.13 bits per heavy atom. The van der Waals surface area contributed by atoms with Crippen LogP contribution in [0.4, 0.5) is 17.1 Å². The number of aryl methyl sites for hydroxylation is 6. The van der Waals surface area contributed by atoms with E-state index < -0.39 is 43.5 Å². The molecule has 7 aromatic carbocycles. The van der Waals surface area contributed by atoms with Crippen LogP contribution in [0.5, 0.6) is 0 Å². The van der Waals surface area contributed by atoms with Gasteiger partial charge in [-0.25, -0.2) is 0 Å². The monoisotopic (exact) mass is 1560 g/mol. The quantitative estimate of drug-likeness (QED) is 0.107. The molecule has 11 rings (SSSR count). The van der Waals surface area contributed by atoms with Gasteiger partial charge in [-0.15, -0.1) is 0 Å². The molecule has 0 atom stereocenters. The molecule has 0 amide bonds. The van der Waals surface area contributed by atoms with E-state index in [1.54, 1.807) is 0 Å². The van der Waals surface area contributed by atoms with E-state index in [1.807, 2.05) is 0 Å². The van der Waals surface area contributed by atoms with Crippen molar-refractivity contribution < 1.29 is 21.1 Å². The SMILES string of the molecule is Cc1cccc(C)c1[C]1=Cc2[c](ccnc2-c2[c-]c(N(c3[c-]c(-c4ncc[c]5c4C=[C](c4c(C)cccc4C)[Bi]5[c]4ccccc4)cc(C(C)(C)C)c3)c3c(C)cccc3C)cc(C(C)(C)C)c2)[Bi]1[c]1ccccc1.[Pt+2]. The van der Waals surface area contributed by atoms with Crippen molar-refractivity contribution in [3.8, 4) is 22.5 Å². The van der Waals surface area contributed by atoms with E-state index in [-0.39, 0.29) is 31.9 Å². The van der Waals surface area contributed by atoms with Crippen molar-refractivity contribution in [2.24, 2.45) is 0 Å². The Morgan fingerprint density at radius 1 is 0.421 bits per heavy atom. The maximum absolute atomic E-state index is 5.35. The molecule has 0 fully saturated rings. The van der Waals surface area contributed by atoms with Crippen LogP contribution in [0.3, 0.4) is 0 Å². The Balaban J connectivity index is 0.00000657. The zero-order valence-corrected chi connectivity index (χ0v) is 55.0. The molecule has 6 heteroatoms. The van der Waals surface area contributed by atoms with Crippen molar-refractivity contribution in [2.75, 3.05) is 4.90 Å². The summed E-state index contributed by atoms with van der Waals surface area (Å²) in [4.78, 5) is 13.1. The van der Waals surface area contributed by atoms with Gasteiger partial charge in [0.05, 0.1) is 0 Å². The van der Waals surface area contributed by atoms with Gasteiger partial charge in [0, 0.05) is 0 Å².